The molecule has 0 aromatic rings. The molecule has 1 rings (SSSR count). The third kappa shape index (κ3) is 17.3. The summed E-state index contributed by atoms with van der Waals surface area (Å²) in [7, 11) is 0. The van der Waals surface area contributed by atoms with Crippen molar-refractivity contribution in [2.45, 2.75) is 6.42 Å². The van der Waals surface area contributed by atoms with Crippen LogP contribution in [-0.4, -0.2) is 121 Å². The van der Waals surface area contributed by atoms with E-state index in [-0.39, 0.29) is 30.7 Å². The Bertz CT molecular complexity index is 551. The first kappa shape index (κ1) is 29.2. The molecule has 190 valence electrons. The van der Waals surface area contributed by atoms with Gasteiger partial charge in [0.25, 0.3) is 11.8 Å². The minimum Gasteiger partial charge on any atom is -0.513 e. The van der Waals surface area contributed by atoms with E-state index in [0.717, 1.165) is 4.90 Å². The molecule has 2 amide bonds. The molecular weight excluding hydrogens is 438 g/mol. The van der Waals surface area contributed by atoms with Gasteiger partial charge in [-0.05, 0) is 0 Å². The van der Waals surface area contributed by atoms with Crippen LogP contribution in [0.4, 0.5) is 0 Å². The van der Waals surface area contributed by atoms with E-state index in [0.29, 0.717) is 92.3 Å². The lowest BCUT2D eigenvalue weighted by Gasteiger charge is -2.13. The van der Waals surface area contributed by atoms with Gasteiger partial charge in [0.2, 0.25) is 0 Å². The van der Waals surface area contributed by atoms with Crippen LogP contribution in [-0.2, 0) is 42.7 Å². The summed E-state index contributed by atoms with van der Waals surface area (Å²) >= 11 is 0. The molecule has 0 saturated carbocycles. The lowest BCUT2D eigenvalue weighted by atomic mass is 10.4. The van der Waals surface area contributed by atoms with Gasteiger partial charge >= 0.3 is 0 Å². The minimum atomic E-state index is -0.306. The zero-order valence-corrected chi connectivity index (χ0v) is 19.2. The van der Waals surface area contributed by atoms with E-state index >= 15 is 0 Å². The van der Waals surface area contributed by atoms with Crippen LogP contribution >= 0.6 is 0 Å². The molecule has 1 aliphatic rings. The monoisotopic (exact) mass is 475 g/mol. The first-order valence-electron chi connectivity index (χ1n) is 11.1. The van der Waals surface area contributed by atoms with Crippen LogP contribution in [0.1, 0.15) is 6.42 Å². The van der Waals surface area contributed by atoms with Crippen molar-refractivity contribution in [3.8, 4) is 0 Å². The molecule has 0 spiro atoms. The lowest BCUT2D eigenvalue weighted by Crippen LogP contribution is -2.33. The summed E-state index contributed by atoms with van der Waals surface area (Å²) in [6, 6.07) is 0. The first-order valence-corrected chi connectivity index (χ1v) is 11.1. The summed E-state index contributed by atoms with van der Waals surface area (Å²) in [4.78, 5) is 23.8. The molecule has 0 bridgehead atoms. The number of aliphatic hydroxyl groups is 1. The number of imide groups is 1. The highest BCUT2D eigenvalue weighted by molar-refractivity contribution is 6.12. The molecule has 0 saturated heterocycles. The molecule has 0 atom stereocenters. The largest absolute Gasteiger partial charge is 0.513 e. The van der Waals surface area contributed by atoms with E-state index in [9.17, 15) is 9.59 Å². The smallest absolute Gasteiger partial charge is 0.253 e. The standard InChI is InChI=1S/C22H37NO10/c1-20(24)4-6-27-8-10-29-12-14-31-16-18-33-19-17-32-15-13-30-11-9-28-7-5-23-21(25)2-3-22(23)26/h2-3,24H,1,4-19H2. The van der Waals surface area contributed by atoms with E-state index in [1.54, 1.807) is 0 Å². The van der Waals surface area contributed by atoms with Crippen LogP contribution in [0.2, 0.25) is 0 Å². The van der Waals surface area contributed by atoms with Crippen molar-refractivity contribution in [1.29, 1.82) is 0 Å². The number of hydrogen-bond acceptors (Lipinski definition) is 10. The molecule has 1 aliphatic heterocycles. The van der Waals surface area contributed by atoms with Crippen LogP contribution in [0.5, 0.6) is 0 Å². The van der Waals surface area contributed by atoms with Crippen LogP contribution in [0.25, 0.3) is 0 Å². The second kappa shape index (κ2) is 20.7. The van der Waals surface area contributed by atoms with Gasteiger partial charge in [0.15, 0.2) is 0 Å². The van der Waals surface area contributed by atoms with Gasteiger partial charge in [0.1, 0.15) is 0 Å². The number of ether oxygens (including phenoxy) is 7. The normalized spacial score (nSPS) is 13.4. The van der Waals surface area contributed by atoms with Crippen molar-refractivity contribution >= 4 is 11.8 Å². The molecule has 11 heteroatoms. The maximum atomic E-state index is 11.3. The SMILES string of the molecule is C=C(O)CCOCCOCCOCCOCCOCCOCCOCCN1C(=O)C=CC1=O. The Morgan fingerprint density at radius 1 is 0.606 bits per heavy atom. The van der Waals surface area contributed by atoms with Gasteiger partial charge in [0.05, 0.1) is 105 Å². The van der Waals surface area contributed by atoms with Crippen molar-refractivity contribution in [2.24, 2.45) is 0 Å². The number of hydrogen-bond donors (Lipinski definition) is 1. The number of rotatable bonds is 24. The number of nitrogens with zero attached hydrogens (tertiary/aromatic N) is 1. The van der Waals surface area contributed by atoms with Gasteiger partial charge in [0, 0.05) is 18.6 Å². The van der Waals surface area contributed by atoms with E-state index in [4.69, 9.17) is 38.3 Å². The summed E-state index contributed by atoms with van der Waals surface area (Å²) < 4.78 is 37.5. The minimum absolute atomic E-state index is 0.119. The summed E-state index contributed by atoms with van der Waals surface area (Å²) in [5, 5.41) is 8.89. The van der Waals surface area contributed by atoms with Crippen LogP contribution in [0, 0.1) is 0 Å². The van der Waals surface area contributed by atoms with Crippen LogP contribution < -0.4 is 0 Å². The molecule has 33 heavy (non-hydrogen) atoms. The highest BCUT2D eigenvalue weighted by Gasteiger charge is 2.22. The highest BCUT2D eigenvalue weighted by Crippen LogP contribution is 2.02. The van der Waals surface area contributed by atoms with Gasteiger partial charge in [-0.2, -0.15) is 0 Å². The first-order chi connectivity index (χ1) is 16.1. The molecule has 0 aromatic heterocycles. The van der Waals surface area contributed by atoms with Crippen molar-refractivity contribution in [2.75, 3.05) is 99.0 Å². The fourth-order valence-corrected chi connectivity index (χ4v) is 2.42. The van der Waals surface area contributed by atoms with Crippen molar-refractivity contribution in [3.63, 3.8) is 0 Å². The third-order valence-corrected chi connectivity index (χ3v) is 4.13. The lowest BCUT2D eigenvalue weighted by molar-refractivity contribution is -0.137. The maximum Gasteiger partial charge on any atom is 0.253 e. The summed E-state index contributed by atoms with van der Waals surface area (Å²) in [6.07, 6.45) is 2.94. The number of carbonyl (C=O) groups excluding carboxylic acids is 2. The summed E-state index contributed by atoms with van der Waals surface area (Å²) in [5.41, 5.74) is 0. The number of amides is 2. The Morgan fingerprint density at radius 3 is 1.24 bits per heavy atom. The molecule has 0 unspecified atom stereocenters. The zero-order chi connectivity index (χ0) is 24.0. The average Bonchev–Trinajstić information content (AvgIpc) is 3.11. The second-order valence-electron chi connectivity index (χ2n) is 6.76. The zero-order valence-electron chi connectivity index (χ0n) is 19.2. The van der Waals surface area contributed by atoms with E-state index in [2.05, 4.69) is 6.58 Å². The van der Waals surface area contributed by atoms with Crippen molar-refractivity contribution < 1.29 is 47.9 Å². The molecule has 0 radical (unpaired) electrons. The van der Waals surface area contributed by atoms with Crippen LogP contribution in [0.3, 0.4) is 0 Å². The van der Waals surface area contributed by atoms with Crippen molar-refractivity contribution in [1.82, 2.24) is 4.90 Å². The second-order valence-corrected chi connectivity index (χ2v) is 6.76. The molecule has 1 heterocycles. The quantitative estimate of drug-likeness (QED) is 0.120. The highest BCUT2D eigenvalue weighted by atomic mass is 16.6. The molecular formula is C22H37NO10. The predicted octanol–water partition coefficient (Wildman–Crippen LogP) is 0.489. The van der Waals surface area contributed by atoms with Gasteiger partial charge in [-0.3, -0.25) is 14.5 Å². The Balaban J connectivity index is 1.67. The average molecular weight is 476 g/mol. The molecule has 11 nitrogen and oxygen atoms in total. The van der Waals surface area contributed by atoms with Gasteiger partial charge in [-0.15, -0.1) is 0 Å². The predicted molar refractivity (Wildman–Crippen MR) is 118 cm³/mol. The van der Waals surface area contributed by atoms with E-state index < -0.39 is 0 Å². The van der Waals surface area contributed by atoms with E-state index in [1.165, 1.54) is 12.2 Å². The summed E-state index contributed by atoms with van der Waals surface area (Å²) in [5.74, 6) is -0.492. The Labute approximate surface area is 195 Å². The molecule has 1 N–H and O–H groups in total. The van der Waals surface area contributed by atoms with Gasteiger partial charge < -0.3 is 38.3 Å². The maximum absolute atomic E-state index is 11.3. The topological polar surface area (TPSA) is 122 Å². The fourth-order valence-electron chi connectivity index (χ4n) is 2.42. The molecule has 0 fully saturated rings. The molecule has 0 aliphatic carbocycles. The van der Waals surface area contributed by atoms with Gasteiger partial charge in [-0.25, -0.2) is 0 Å². The van der Waals surface area contributed by atoms with Gasteiger partial charge in [-0.1, -0.05) is 6.58 Å². The van der Waals surface area contributed by atoms with Crippen LogP contribution in [0.15, 0.2) is 24.5 Å². The number of carbonyl (C=O) groups is 2. The fraction of sp³-hybridized carbons (Fsp3) is 0.727. The molecule has 0 aromatic carbocycles. The summed E-state index contributed by atoms with van der Waals surface area (Å²) in [6.45, 7) is 9.87. The Hall–Kier alpha value is -1.86. The Kier molecular flexibility index (Phi) is 18.3. The van der Waals surface area contributed by atoms with E-state index in [1.807, 2.05) is 0 Å². The number of aliphatic hydroxyl groups excluding tert-OH is 1. The Morgan fingerprint density at radius 2 is 0.909 bits per heavy atom. The third-order valence-electron chi connectivity index (χ3n) is 4.13. The van der Waals surface area contributed by atoms with Crippen molar-refractivity contribution in [3.05, 3.63) is 24.5 Å².